The maximum absolute atomic E-state index is 13.7. The number of allylic oxidation sites excluding steroid dienone is 1. The molecule has 2 aromatic carbocycles. The highest BCUT2D eigenvalue weighted by atomic mass is 35.5. The fourth-order valence-electron chi connectivity index (χ4n) is 4.45. The SMILES string of the molecule is N/C=C\C(=O)c1cncnc1N1CCCC1c1nc2cccc(Cl)c2c(=O)n1-c1ccccc1. The van der Waals surface area contributed by atoms with Gasteiger partial charge in [-0.2, -0.15) is 0 Å². The van der Waals surface area contributed by atoms with E-state index in [2.05, 4.69) is 9.97 Å². The zero-order chi connectivity index (χ0) is 23.7. The predicted molar refractivity (Wildman–Crippen MR) is 131 cm³/mol. The summed E-state index contributed by atoms with van der Waals surface area (Å²) in [5, 5.41) is 0.721. The molecule has 3 heterocycles. The Bertz CT molecular complexity index is 1470. The van der Waals surface area contributed by atoms with E-state index in [-0.39, 0.29) is 17.4 Å². The lowest BCUT2D eigenvalue weighted by atomic mass is 10.1. The van der Waals surface area contributed by atoms with Crippen LogP contribution in [0.4, 0.5) is 5.82 Å². The van der Waals surface area contributed by atoms with Gasteiger partial charge in [-0.3, -0.25) is 14.2 Å². The lowest BCUT2D eigenvalue weighted by molar-refractivity contribution is 0.104. The van der Waals surface area contributed by atoms with Gasteiger partial charge in [0, 0.05) is 18.8 Å². The summed E-state index contributed by atoms with van der Waals surface area (Å²) in [6, 6.07) is 14.3. The topological polar surface area (TPSA) is 107 Å². The minimum absolute atomic E-state index is 0.242. The second kappa shape index (κ2) is 9.07. The van der Waals surface area contributed by atoms with Crippen molar-refractivity contribution < 1.29 is 4.79 Å². The number of halogens is 1. The highest BCUT2D eigenvalue weighted by Gasteiger charge is 2.34. The molecule has 4 aromatic rings. The first kappa shape index (κ1) is 21.8. The van der Waals surface area contributed by atoms with Crippen LogP contribution in [0.5, 0.6) is 0 Å². The van der Waals surface area contributed by atoms with E-state index in [0.717, 1.165) is 12.8 Å². The number of anilines is 1. The Labute approximate surface area is 200 Å². The van der Waals surface area contributed by atoms with Gasteiger partial charge in [0.05, 0.1) is 33.2 Å². The van der Waals surface area contributed by atoms with E-state index in [0.29, 0.717) is 45.4 Å². The van der Waals surface area contributed by atoms with Crippen molar-refractivity contribution in [3.63, 3.8) is 0 Å². The Kier molecular flexibility index (Phi) is 5.81. The number of rotatable bonds is 5. The smallest absolute Gasteiger partial charge is 0.267 e. The lowest BCUT2D eigenvalue weighted by Gasteiger charge is -2.28. The molecule has 170 valence electrons. The van der Waals surface area contributed by atoms with Crippen molar-refractivity contribution >= 4 is 34.1 Å². The first-order valence-electron chi connectivity index (χ1n) is 10.9. The number of hydrogen-bond acceptors (Lipinski definition) is 7. The molecule has 0 bridgehead atoms. The molecular weight excluding hydrogens is 452 g/mol. The summed E-state index contributed by atoms with van der Waals surface area (Å²) in [4.78, 5) is 41.8. The minimum Gasteiger partial charge on any atom is -0.404 e. The highest BCUT2D eigenvalue weighted by Crippen LogP contribution is 2.37. The van der Waals surface area contributed by atoms with Crippen molar-refractivity contribution in [1.82, 2.24) is 19.5 Å². The molecule has 2 aromatic heterocycles. The molecule has 0 radical (unpaired) electrons. The summed E-state index contributed by atoms with van der Waals surface area (Å²) in [7, 11) is 0. The Morgan fingerprint density at radius 1 is 1.15 bits per heavy atom. The average molecular weight is 473 g/mol. The molecule has 9 heteroatoms. The van der Waals surface area contributed by atoms with Gasteiger partial charge in [0.25, 0.3) is 5.56 Å². The first-order valence-corrected chi connectivity index (χ1v) is 11.2. The van der Waals surface area contributed by atoms with Crippen LogP contribution in [0, 0.1) is 0 Å². The number of nitrogens with two attached hydrogens (primary N) is 1. The second-order valence-electron chi connectivity index (χ2n) is 7.91. The van der Waals surface area contributed by atoms with E-state index in [1.165, 1.54) is 24.8 Å². The van der Waals surface area contributed by atoms with Crippen LogP contribution in [-0.2, 0) is 0 Å². The van der Waals surface area contributed by atoms with Crippen LogP contribution in [-0.4, -0.2) is 31.8 Å². The quantitative estimate of drug-likeness (QED) is 0.347. The van der Waals surface area contributed by atoms with E-state index < -0.39 is 0 Å². The van der Waals surface area contributed by atoms with Crippen molar-refractivity contribution in [3.8, 4) is 5.69 Å². The van der Waals surface area contributed by atoms with Crippen molar-refractivity contribution in [3.05, 3.63) is 100 Å². The van der Waals surface area contributed by atoms with Gasteiger partial charge >= 0.3 is 0 Å². The molecule has 0 aliphatic carbocycles. The van der Waals surface area contributed by atoms with Gasteiger partial charge in [-0.1, -0.05) is 35.9 Å². The third kappa shape index (κ3) is 3.72. The van der Waals surface area contributed by atoms with E-state index >= 15 is 0 Å². The number of fused-ring (bicyclic) bond motifs is 1. The maximum Gasteiger partial charge on any atom is 0.267 e. The average Bonchev–Trinajstić information content (AvgIpc) is 3.34. The van der Waals surface area contributed by atoms with Crippen LogP contribution in [0.25, 0.3) is 16.6 Å². The van der Waals surface area contributed by atoms with Crippen LogP contribution in [0.3, 0.4) is 0 Å². The molecule has 0 spiro atoms. The highest BCUT2D eigenvalue weighted by molar-refractivity contribution is 6.35. The largest absolute Gasteiger partial charge is 0.404 e. The Balaban J connectivity index is 1.74. The normalized spacial score (nSPS) is 15.9. The second-order valence-corrected chi connectivity index (χ2v) is 8.32. The number of nitrogens with zero attached hydrogens (tertiary/aromatic N) is 5. The van der Waals surface area contributed by atoms with Crippen molar-refractivity contribution in [2.45, 2.75) is 18.9 Å². The van der Waals surface area contributed by atoms with E-state index in [1.807, 2.05) is 35.2 Å². The molecule has 1 unspecified atom stereocenters. The van der Waals surface area contributed by atoms with Gasteiger partial charge in [0.1, 0.15) is 18.0 Å². The van der Waals surface area contributed by atoms with Gasteiger partial charge < -0.3 is 10.6 Å². The first-order chi connectivity index (χ1) is 16.6. The maximum atomic E-state index is 13.7. The molecule has 1 aliphatic rings. The van der Waals surface area contributed by atoms with Crippen LogP contribution in [0.2, 0.25) is 5.02 Å². The van der Waals surface area contributed by atoms with Gasteiger partial charge in [-0.25, -0.2) is 15.0 Å². The van der Waals surface area contributed by atoms with E-state index in [1.54, 1.807) is 22.8 Å². The number of benzene rings is 2. The molecule has 34 heavy (non-hydrogen) atoms. The van der Waals surface area contributed by atoms with Crippen molar-refractivity contribution in [2.75, 3.05) is 11.4 Å². The summed E-state index contributed by atoms with van der Waals surface area (Å²) >= 11 is 6.41. The fraction of sp³-hybridized carbons (Fsp3) is 0.160. The number of ketones is 1. The van der Waals surface area contributed by atoms with Crippen LogP contribution < -0.4 is 16.2 Å². The Hall–Kier alpha value is -4.04. The van der Waals surface area contributed by atoms with Gasteiger partial charge in [-0.15, -0.1) is 0 Å². The molecule has 0 amide bonds. The standard InChI is InChI=1S/C25H21ClN6O2/c26-18-8-4-9-19-22(18)25(34)32(16-6-2-1-3-7-16)24(30-19)20-10-5-13-31(20)23-17(14-28-15-29-23)21(33)11-12-27/h1-4,6-9,11-12,14-15,20H,5,10,13,27H2/b12-11-. The molecule has 1 saturated heterocycles. The minimum atomic E-state index is -0.292. The van der Waals surface area contributed by atoms with Crippen LogP contribution >= 0.6 is 11.6 Å². The Morgan fingerprint density at radius 2 is 1.97 bits per heavy atom. The van der Waals surface area contributed by atoms with E-state index in [9.17, 15) is 9.59 Å². The zero-order valence-corrected chi connectivity index (χ0v) is 18.9. The van der Waals surface area contributed by atoms with Crippen molar-refractivity contribution in [1.29, 1.82) is 0 Å². The number of para-hydroxylation sites is 1. The summed E-state index contributed by atoms with van der Waals surface area (Å²) in [5.74, 6) is 0.762. The number of aromatic nitrogens is 4. The molecule has 2 N–H and O–H groups in total. The zero-order valence-electron chi connectivity index (χ0n) is 18.1. The van der Waals surface area contributed by atoms with Crippen molar-refractivity contribution in [2.24, 2.45) is 5.73 Å². The predicted octanol–water partition coefficient (Wildman–Crippen LogP) is 3.83. The summed E-state index contributed by atoms with van der Waals surface area (Å²) in [6.07, 6.45) is 6.94. The number of carbonyl (C=O) groups excluding carboxylic acids is 1. The summed E-state index contributed by atoms with van der Waals surface area (Å²) in [6.45, 7) is 0.645. The molecule has 0 saturated carbocycles. The van der Waals surface area contributed by atoms with Crippen LogP contribution in [0.1, 0.15) is 35.1 Å². The van der Waals surface area contributed by atoms with Gasteiger partial charge in [-0.05, 0) is 43.3 Å². The molecule has 5 rings (SSSR count). The molecule has 1 fully saturated rings. The van der Waals surface area contributed by atoms with Crippen LogP contribution in [0.15, 0.2) is 78.1 Å². The monoisotopic (exact) mass is 472 g/mol. The van der Waals surface area contributed by atoms with Gasteiger partial charge in [0.2, 0.25) is 0 Å². The third-order valence-corrected chi connectivity index (χ3v) is 6.23. The number of hydrogen-bond donors (Lipinski definition) is 1. The van der Waals surface area contributed by atoms with Gasteiger partial charge in [0.15, 0.2) is 5.78 Å². The molecular formula is C25H21ClN6O2. The summed E-state index contributed by atoms with van der Waals surface area (Å²) < 4.78 is 1.61. The van der Waals surface area contributed by atoms with E-state index in [4.69, 9.17) is 22.3 Å². The molecule has 1 aliphatic heterocycles. The Morgan fingerprint density at radius 3 is 2.76 bits per heavy atom. The third-order valence-electron chi connectivity index (χ3n) is 5.91. The fourth-order valence-corrected chi connectivity index (χ4v) is 4.70. The molecule has 1 atom stereocenters. The molecule has 8 nitrogen and oxygen atoms in total. The lowest BCUT2D eigenvalue weighted by Crippen LogP contribution is -2.32. The summed E-state index contributed by atoms with van der Waals surface area (Å²) in [5.41, 5.74) is 6.75. The number of carbonyl (C=O) groups is 1.